The second-order valence-corrected chi connectivity index (χ2v) is 8.57. The van der Waals surface area contributed by atoms with E-state index in [1.807, 2.05) is 34.8 Å². The van der Waals surface area contributed by atoms with Gasteiger partial charge in [-0.15, -0.1) is 0 Å². The smallest absolute Gasteiger partial charge is 0.270 e. The summed E-state index contributed by atoms with van der Waals surface area (Å²) in [7, 11) is 0. The normalized spacial score (nSPS) is 11.2. The van der Waals surface area contributed by atoms with Crippen LogP contribution in [0.3, 0.4) is 0 Å². The molecular formula is C28H19N5O3. The van der Waals surface area contributed by atoms with E-state index in [0.717, 1.165) is 33.2 Å². The summed E-state index contributed by atoms with van der Waals surface area (Å²) in [4.78, 5) is 28.1. The molecule has 174 valence electrons. The monoisotopic (exact) mass is 473 g/mol. The number of aryl methyl sites for hydroxylation is 1. The number of rotatable bonds is 4. The number of fused-ring (bicyclic) bond motifs is 5. The van der Waals surface area contributed by atoms with Crippen molar-refractivity contribution in [1.29, 1.82) is 0 Å². The van der Waals surface area contributed by atoms with E-state index in [1.54, 1.807) is 12.1 Å². The van der Waals surface area contributed by atoms with Crippen LogP contribution in [0.2, 0.25) is 0 Å². The first kappa shape index (κ1) is 21.4. The number of hydrogen-bond donors (Lipinski definition) is 1. The number of benzene rings is 4. The van der Waals surface area contributed by atoms with Crippen LogP contribution < -0.4 is 5.32 Å². The molecule has 0 aliphatic heterocycles. The highest BCUT2D eigenvalue weighted by Crippen LogP contribution is 2.31. The average molecular weight is 473 g/mol. The third-order valence-electron chi connectivity index (χ3n) is 6.16. The predicted molar refractivity (Wildman–Crippen MR) is 139 cm³/mol. The van der Waals surface area contributed by atoms with Gasteiger partial charge < -0.3 is 5.32 Å². The summed E-state index contributed by atoms with van der Waals surface area (Å²) in [6.45, 7) is 2.05. The van der Waals surface area contributed by atoms with Crippen molar-refractivity contribution < 1.29 is 9.72 Å². The fraction of sp³-hybridized carbons (Fsp3) is 0.0357. The van der Waals surface area contributed by atoms with Gasteiger partial charge in [-0.3, -0.25) is 14.9 Å². The summed E-state index contributed by atoms with van der Waals surface area (Å²) in [5.41, 5.74) is 5.85. The number of anilines is 1. The summed E-state index contributed by atoms with van der Waals surface area (Å²) in [5, 5.41) is 20.8. The van der Waals surface area contributed by atoms with E-state index in [9.17, 15) is 14.9 Å². The molecule has 4 aromatic carbocycles. The number of imidazole rings is 1. The standard InChI is InChI=1S/C28H19N5O3/c1-17-9-11-18(12-10-17)26-22-7-2-3-8-23(22)27-30-24-16-20(13-14-25(24)32(27)31-26)29-28(34)19-5-4-6-21(15-19)33(35)36/h2-16H,1H3,(H,29,34). The van der Waals surface area contributed by atoms with Crippen molar-refractivity contribution in [1.82, 2.24) is 14.6 Å². The minimum Gasteiger partial charge on any atom is -0.322 e. The van der Waals surface area contributed by atoms with Gasteiger partial charge in [-0.2, -0.15) is 5.10 Å². The maximum absolute atomic E-state index is 12.7. The molecule has 8 heteroatoms. The lowest BCUT2D eigenvalue weighted by Crippen LogP contribution is -2.12. The number of hydrogen-bond acceptors (Lipinski definition) is 5. The second kappa shape index (κ2) is 8.28. The summed E-state index contributed by atoms with van der Waals surface area (Å²) >= 11 is 0. The van der Waals surface area contributed by atoms with Crippen molar-refractivity contribution in [3.63, 3.8) is 0 Å². The lowest BCUT2D eigenvalue weighted by Gasteiger charge is -2.09. The highest BCUT2D eigenvalue weighted by Gasteiger charge is 2.16. The molecule has 1 amide bonds. The third-order valence-corrected chi connectivity index (χ3v) is 6.16. The Hall–Kier alpha value is -5.11. The zero-order chi connectivity index (χ0) is 24.8. The molecule has 2 aromatic heterocycles. The number of carbonyl (C=O) groups excluding carboxylic acids is 1. The van der Waals surface area contributed by atoms with Crippen molar-refractivity contribution in [3.05, 3.63) is 112 Å². The van der Waals surface area contributed by atoms with Crippen LogP contribution in [-0.4, -0.2) is 25.4 Å². The first-order valence-corrected chi connectivity index (χ1v) is 11.3. The van der Waals surface area contributed by atoms with E-state index in [2.05, 4.69) is 36.5 Å². The van der Waals surface area contributed by atoms with Crippen molar-refractivity contribution in [2.24, 2.45) is 0 Å². The first-order chi connectivity index (χ1) is 17.5. The maximum atomic E-state index is 12.7. The number of nitro groups is 1. The number of carbonyl (C=O) groups is 1. The van der Waals surface area contributed by atoms with Crippen LogP contribution in [0.15, 0.2) is 91.0 Å². The van der Waals surface area contributed by atoms with Gasteiger partial charge in [0.1, 0.15) is 0 Å². The summed E-state index contributed by atoms with van der Waals surface area (Å²) < 4.78 is 1.83. The second-order valence-electron chi connectivity index (χ2n) is 8.57. The van der Waals surface area contributed by atoms with Crippen molar-refractivity contribution >= 4 is 44.7 Å². The molecule has 0 bridgehead atoms. The number of nitro benzene ring substituents is 1. The van der Waals surface area contributed by atoms with Gasteiger partial charge in [-0.05, 0) is 31.2 Å². The summed E-state index contributed by atoms with van der Waals surface area (Å²) in [5.74, 6) is -0.438. The molecule has 36 heavy (non-hydrogen) atoms. The van der Waals surface area contributed by atoms with Crippen LogP contribution in [0.25, 0.3) is 38.7 Å². The van der Waals surface area contributed by atoms with Crippen LogP contribution in [0, 0.1) is 17.0 Å². The lowest BCUT2D eigenvalue weighted by atomic mass is 10.0. The van der Waals surface area contributed by atoms with E-state index in [-0.39, 0.29) is 11.3 Å². The third kappa shape index (κ3) is 3.61. The first-order valence-electron chi connectivity index (χ1n) is 11.3. The Morgan fingerprint density at radius 3 is 2.47 bits per heavy atom. The lowest BCUT2D eigenvalue weighted by molar-refractivity contribution is -0.384. The Kier molecular flexibility index (Phi) is 4.93. The molecule has 0 aliphatic carbocycles. The van der Waals surface area contributed by atoms with E-state index in [4.69, 9.17) is 10.1 Å². The molecule has 0 spiro atoms. The minimum absolute atomic E-state index is 0.138. The highest BCUT2D eigenvalue weighted by atomic mass is 16.6. The van der Waals surface area contributed by atoms with E-state index < -0.39 is 10.8 Å². The molecule has 6 rings (SSSR count). The van der Waals surface area contributed by atoms with Crippen LogP contribution in [0.5, 0.6) is 0 Å². The fourth-order valence-electron chi connectivity index (χ4n) is 4.35. The fourth-order valence-corrected chi connectivity index (χ4v) is 4.35. The Bertz CT molecular complexity index is 1820. The minimum atomic E-state index is -0.526. The molecule has 0 saturated heterocycles. The molecule has 6 aromatic rings. The summed E-state index contributed by atoms with van der Waals surface area (Å²) in [6.07, 6.45) is 0. The van der Waals surface area contributed by atoms with Crippen molar-refractivity contribution in [2.45, 2.75) is 6.92 Å². The van der Waals surface area contributed by atoms with Crippen molar-refractivity contribution in [3.8, 4) is 11.3 Å². The van der Waals surface area contributed by atoms with Gasteiger partial charge in [0, 0.05) is 39.7 Å². The molecule has 0 atom stereocenters. The van der Waals surface area contributed by atoms with Crippen molar-refractivity contribution in [2.75, 3.05) is 5.32 Å². The van der Waals surface area contributed by atoms with E-state index in [0.29, 0.717) is 11.2 Å². The van der Waals surface area contributed by atoms with Gasteiger partial charge >= 0.3 is 0 Å². The molecule has 8 nitrogen and oxygen atoms in total. The van der Waals surface area contributed by atoms with Gasteiger partial charge in [0.15, 0.2) is 5.65 Å². The van der Waals surface area contributed by atoms with Crippen LogP contribution in [0.4, 0.5) is 11.4 Å². The molecular weight excluding hydrogens is 454 g/mol. The zero-order valence-electron chi connectivity index (χ0n) is 19.2. The van der Waals surface area contributed by atoms with E-state index >= 15 is 0 Å². The number of aromatic nitrogens is 3. The van der Waals surface area contributed by atoms with Crippen LogP contribution >= 0.6 is 0 Å². The van der Waals surface area contributed by atoms with Crippen LogP contribution in [-0.2, 0) is 0 Å². The summed E-state index contributed by atoms with van der Waals surface area (Å²) in [6, 6.07) is 27.3. The predicted octanol–water partition coefficient (Wildman–Crippen LogP) is 6.17. The van der Waals surface area contributed by atoms with Crippen LogP contribution in [0.1, 0.15) is 15.9 Å². The Balaban J connectivity index is 1.45. The number of non-ortho nitro benzene ring substituents is 1. The Morgan fingerprint density at radius 2 is 1.69 bits per heavy atom. The Morgan fingerprint density at radius 1 is 0.917 bits per heavy atom. The van der Waals surface area contributed by atoms with Gasteiger partial charge in [0.2, 0.25) is 0 Å². The average Bonchev–Trinajstić information content (AvgIpc) is 3.27. The topological polar surface area (TPSA) is 102 Å². The quantitative estimate of drug-likeness (QED) is 0.244. The zero-order valence-corrected chi connectivity index (χ0v) is 19.2. The van der Waals surface area contributed by atoms with Gasteiger partial charge in [0.25, 0.3) is 11.6 Å². The molecule has 0 radical (unpaired) electrons. The van der Waals surface area contributed by atoms with Gasteiger partial charge in [0.05, 0.1) is 21.7 Å². The number of nitrogens with one attached hydrogen (secondary N) is 1. The maximum Gasteiger partial charge on any atom is 0.270 e. The van der Waals surface area contributed by atoms with Gasteiger partial charge in [-0.1, -0.05) is 60.2 Å². The Labute approximate surface area is 205 Å². The SMILES string of the molecule is Cc1ccc(-c2nn3c4ccc(NC(=O)c5cccc([N+](=O)[O-])c5)cc4nc3c3ccccc23)cc1. The van der Waals surface area contributed by atoms with E-state index in [1.165, 1.54) is 29.8 Å². The molecule has 2 heterocycles. The number of amides is 1. The highest BCUT2D eigenvalue weighted by molar-refractivity contribution is 6.06. The largest absolute Gasteiger partial charge is 0.322 e. The molecule has 0 fully saturated rings. The number of nitrogens with zero attached hydrogens (tertiary/aromatic N) is 4. The molecule has 0 saturated carbocycles. The van der Waals surface area contributed by atoms with Gasteiger partial charge in [-0.25, -0.2) is 9.50 Å². The molecule has 1 N–H and O–H groups in total. The molecule has 0 aliphatic rings. The molecule has 0 unspecified atom stereocenters.